The Labute approximate surface area is 155 Å². The van der Waals surface area contributed by atoms with Crippen molar-refractivity contribution in [1.29, 1.82) is 5.26 Å². The number of nitrogens with zero attached hydrogens (tertiary/aromatic N) is 2. The summed E-state index contributed by atoms with van der Waals surface area (Å²) in [6.45, 7) is 2.05. The van der Waals surface area contributed by atoms with Gasteiger partial charge in [-0.15, -0.1) is 11.8 Å². The fraction of sp³-hybridized carbons (Fsp3) is 0.100. The number of hydrogen-bond acceptors (Lipinski definition) is 6. The predicted molar refractivity (Wildman–Crippen MR) is 103 cm³/mol. The first kappa shape index (κ1) is 16.3. The maximum Gasteiger partial charge on any atom is 0.228 e. The summed E-state index contributed by atoms with van der Waals surface area (Å²) in [5.41, 5.74) is 15.6. The Morgan fingerprint density at radius 1 is 1.12 bits per heavy atom. The van der Waals surface area contributed by atoms with Gasteiger partial charge >= 0.3 is 0 Å². The molecule has 2 aromatic carbocycles. The van der Waals surface area contributed by atoms with Crippen LogP contribution < -0.4 is 16.2 Å². The number of para-hydroxylation sites is 1. The van der Waals surface area contributed by atoms with Crippen molar-refractivity contribution in [1.82, 2.24) is 4.98 Å². The average molecular weight is 360 g/mol. The predicted octanol–water partition coefficient (Wildman–Crippen LogP) is 4.41. The maximum atomic E-state index is 9.41. The van der Waals surface area contributed by atoms with E-state index in [2.05, 4.69) is 42.2 Å². The monoisotopic (exact) mass is 360 g/mol. The van der Waals surface area contributed by atoms with Crippen LogP contribution in [0.15, 0.2) is 53.4 Å². The van der Waals surface area contributed by atoms with Gasteiger partial charge in [0.15, 0.2) is 0 Å². The topological polar surface area (TPSA) is 98.0 Å². The Bertz CT molecular complexity index is 1040. The molecule has 4 N–H and O–H groups in total. The molecule has 0 amide bonds. The molecule has 0 aliphatic carbocycles. The highest BCUT2D eigenvalue weighted by Crippen LogP contribution is 2.53. The molecule has 1 unspecified atom stereocenters. The molecule has 2 heterocycles. The lowest BCUT2D eigenvalue weighted by molar-refractivity contribution is 0.441. The number of aromatic nitrogens is 1. The highest BCUT2D eigenvalue weighted by atomic mass is 32.2. The molecule has 0 spiro atoms. The van der Waals surface area contributed by atoms with Gasteiger partial charge in [0.05, 0.1) is 16.5 Å². The van der Waals surface area contributed by atoms with E-state index < -0.39 is 0 Å². The standard InChI is InChI=1S/C20H16N4OS/c1-11-6-8-12(9-7-11)26-18-13-4-2-3-5-15(13)25-20-16(18)17(22)14(10-21)19(23)24-20/h2-9,18H,1H3,(H4,22,23,24). The highest BCUT2D eigenvalue weighted by Gasteiger charge is 2.33. The van der Waals surface area contributed by atoms with E-state index in [0.717, 1.165) is 16.2 Å². The molecule has 1 aromatic heterocycles. The minimum atomic E-state index is -0.141. The van der Waals surface area contributed by atoms with Gasteiger partial charge in [-0.05, 0) is 25.1 Å². The quantitative estimate of drug-likeness (QED) is 0.702. The lowest BCUT2D eigenvalue weighted by atomic mass is 9.98. The van der Waals surface area contributed by atoms with Crippen molar-refractivity contribution in [2.75, 3.05) is 11.5 Å². The number of benzene rings is 2. The van der Waals surface area contributed by atoms with Crippen molar-refractivity contribution in [3.05, 3.63) is 70.8 Å². The minimum absolute atomic E-state index is 0.0854. The summed E-state index contributed by atoms with van der Waals surface area (Å²) in [6.07, 6.45) is 0. The van der Waals surface area contributed by atoms with Crippen molar-refractivity contribution in [3.63, 3.8) is 0 Å². The Morgan fingerprint density at radius 3 is 2.58 bits per heavy atom. The van der Waals surface area contributed by atoms with Crippen LogP contribution >= 0.6 is 11.8 Å². The van der Waals surface area contributed by atoms with Crippen LogP contribution in [0.2, 0.25) is 0 Å². The second kappa shape index (κ2) is 6.28. The third-order valence-electron chi connectivity index (χ3n) is 4.33. The largest absolute Gasteiger partial charge is 0.438 e. The Kier molecular flexibility index (Phi) is 3.94. The molecule has 0 bridgehead atoms. The Hall–Kier alpha value is -3.17. The zero-order valence-corrected chi connectivity index (χ0v) is 14.9. The summed E-state index contributed by atoms with van der Waals surface area (Å²) in [5.74, 6) is 1.17. The van der Waals surface area contributed by atoms with Gasteiger partial charge in [0.25, 0.3) is 0 Å². The molecular weight excluding hydrogens is 344 g/mol. The summed E-state index contributed by atoms with van der Waals surface area (Å²) >= 11 is 1.65. The summed E-state index contributed by atoms with van der Waals surface area (Å²) < 4.78 is 5.93. The van der Waals surface area contributed by atoms with Gasteiger partial charge < -0.3 is 16.2 Å². The van der Waals surface area contributed by atoms with Gasteiger partial charge in [-0.2, -0.15) is 10.2 Å². The summed E-state index contributed by atoms with van der Waals surface area (Å²) in [7, 11) is 0. The summed E-state index contributed by atoms with van der Waals surface area (Å²) in [6, 6.07) is 18.1. The number of nitrogen functional groups attached to an aromatic ring is 2. The second-order valence-corrected chi connectivity index (χ2v) is 7.25. The van der Waals surface area contributed by atoms with Crippen molar-refractivity contribution < 1.29 is 4.74 Å². The highest BCUT2D eigenvalue weighted by molar-refractivity contribution is 7.99. The molecule has 1 aliphatic rings. The van der Waals surface area contributed by atoms with E-state index in [1.54, 1.807) is 11.8 Å². The maximum absolute atomic E-state index is 9.41. The average Bonchev–Trinajstić information content (AvgIpc) is 2.63. The van der Waals surface area contributed by atoms with Gasteiger partial charge in [-0.25, -0.2) is 0 Å². The van der Waals surface area contributed by atoms with Crippen LogP contribution in [0.4, 0.5) is 11.5 Å². The van der Waals surface area contributed by atoms with Gasteiger partial charge in [-0.3, -0.25) is 0 Å². The number of ether oxygens (including phenoxy) is 1. The number of nitriles is 1. The van der Waals surface area contributed by atoms with Crippen LogP contribution in [0.1, 0.15) is 27.5 Å². The van der Waals surface area contributed by atoms with Crippen LogP contribution in [0, 0.1) is 18.3 Å². The minimum Gasteiger partial charge on any atom is -0.438 e. The molecular formula is C20H16N4OS. The molecule has 0 fully saturated rings. The molecule has 5 nitrogen and oxygen atoms in total. The normalized spacial score (nSPS) is 14.7. The fourth-order valence-corrected chi connectivity index (χ4v) is 4.22. The van der Waals surface area contributed by atoms with Crippen molar-refractivity contribution in [2.45, 2.75) is 17.1 Å². The van der Waals surface area contributed by atoms with E-state index in [1.807, 2.05) is 24.3 Å². The molecule has 1 aliphatic heterocycles. The van der Waals surface area contributed by atoms with Crippen LogP contribution in [0.5, 0.6) is 11.6 Å². The Balaban J connectivity index is 1.90. The molecule has 0 radical (unpaired) electrons. The van der Waals surface area contributed by atoms with Crippen LogP contribution in [-0.2, 0) is 0 Å². The van der Waals surface area contributed by atoms with Crippen LogP contribution in [-0.4, -0.2) is 4.98 Å². The lowest BCUT2D eigenvalue weighted by Crippen LogP contribution is -2.14. The SMILES string of the molecule is Cc1ccc(SC2c3ccccc3Oc3nc(N)c(C#N)c(N)c32)cc1. The Morgan fingerprint density at radius 2 is 1.85 bits per heavy atom. The molecule has 26 heavy (non-hydrogen) atoms. The van der Waals surface area contributed by atoms with E-state index in [9.17, 15) is 5.26 Å². The number of pyridine rings is 1. The first-order chi connectivity index (χ1) is 12.6. The summed E-state index contributed by atoms with van der Waals surface area (Å²) in [5, 5.41) is 9.26. The van der Waals surface area contributed by atoms with E-state index in [-0.39, 0.29) is 16.6 Å². The molecule has 6 heteroatoms. The van der Waals surface area contributed by atoms with Crippen molar-refractivity contribution in [3.8, 4) is 17.7 Å². The van der Waals surface area contributed by atoms with E-state index >= 15 is 0 Å². The number of hydrogen-bond donors (Lipinski definition) is 2. The number of rotatable bonds is 2. The molecule has 3 aromatic rings. The second-order valence-electron chi connectivity index (χ2n) is 6.07. The zero-order valence-electron chi connectivity index (χ0n) is 14.1. The van der Waals surface area contributed by atoms with Gasteiger partial charge in [-0.1, -0.05) is 35.9 Å². The molecule has 0 saturated heterocycles. The third-order valence-corrected chi connectivity index (χ3v) is 5.59. The van der Waals surface area contributed by atoms with E-state index in [1.165, 1.54) is 5.56 Å². The number of aryl methyl sites for hydroxylation is 1. The molecule has 1 atom stereocenters. The lowest BCUT2D eigenvalue weighted by Gasteiger charge is -2.28. The van der Waals surface area contributed by atoms with Crippen molar-refractivity contribution in [2.24, 2.45) is 0 Å². The molecule has 128 valence electrons. The van der Waals surface area contributed by atoms with Crippen molar-refractivity contribution >= 4 is 23.3 Å². The smallest absolute Gasteiger partial charge is 0.228 e. The van der Waals surface area contributed by atoms with E-state index in [0.29, 0.717) is 17.1 Å². The van der Waals surface area contributed by atoms with Gasteiger partial charge in [0, 0.05) is 10.5 Å². The van der Waals surface area contributed by atoms with Crippen LogP contribution in [0.3, 0.4) is 0 Å². The van der Waals surface area contributed by atoms with Gasteiger partial charge in [0.1, 0.15) is 23.2 Å². The molecule has 0 saturated carbocycles. The molecule has 4 rings (SSSR count). The van der Waals surface area contributed by atoms with Crippen LogP contribution in [0.25, 0.3) is 0 Å². The number of thioether (sulfide) groups is 1. The number of nitrogens with two attached hydrogens (primary N) is 2. The first-order valence-electron chi connectivity index (χ1n) is 8.07. The van der Waals surface area contributed by atoms with E-state index in [4.69, 9.17) is 16.2 Å². The van der Waals surface area contributed by atoms with Gasteiger partial charge in [0.2, 0.25) is 5.88 Å². The number of fused-ring (bicyclic) bond motifs is 2. The number of anilines is 2. The fourth-order valence-electron chi connectivity index (χ4n) is 2.99. The third kappa shape index (κ3) is 2.63. The zero-order chi connectivity index (χ0) is 18.3. The summed E-state index contributed by atoms with van der Waals surface area (Å²) in [4.78, 5) is 5.39. The first-order valence-corrected chi connectivity index (χ1v) is 8.95.